The summed E-state index contributed by atoms with van der Waals surface area (Å²) in [5.74, 6) is 0.276. The Morgan fingerprint density at radius 2 is 2.00 bits per heavy atom. The standard InChI is InChI=1S/C13H11N3O2/c1-7-5-11(15-8(2)14-7)9-3-4-10-12(6-9)18-13(17)16-10/h3-6H,1-2H3,(H,16,17). The third-order valence-electron chi connectivity index (χ3n) is 2.68. The van der Waals surface area contributed by atoms with E-state index in [0.717, 1.165) is 22.8 Å². The third-order valence-corrected chi connectivity index (χ3v) is 2.68. The van der Waals surface area contributed by atoms with Crippen LogP contribution in [0.15, 0.2) is 33.5 Å². The van der Waals surface area contributed by atoms with Crippen LogP contribution in [0.2, 0.25) is 0 Å². The van der Waals surface area contributed by atoms with Gasteiger partial charge in [-0.2, -0.15) is 0 Å². The zero-order chi connectivity index (χ0) is 12.7. The van der Waals surface area contributed by atoms with Crippen LogP contribution < -0.4 is 5.76 Å². The van der Waals surface area contributed by atoms with E-state index in [9.17, 15) is 4.79 Å². The largest absolute Gasteiger partial charge is 0.417 e. The van der Waals surface area contributed by atoms with E-state index in [1.165, 1.54) is 0 Å². The van der Waals surface area contributed by atoms with Crippen molar-refractivity contribution in [1.29, 1.82) is 0 Å². The molecule has 0 fully saturated rings. The number of nitrogens with zero attached hydrogens (tertiary/aromatic N) is 2. The van der Waals surface area contributed by atoms with Crippen LogP contribution in [-0.2, 0) is 0 Å². The molecular weight excluding hydrogens is 230 g/mol. The Kier molecular flexibility index (Phi) is 2.26. The molecular formula is C13H11N3O2. The summed E-state index contributed by atoms with van der Waals surface area (Å²) < 4.78 is 5.04. The normalized spacial score (nSPS) is 11.0. The Labute approximate surface area is 103 Å². The number of benzene rings is 1. The van der Waals surface area contributed by atoms with Gasteiger partial charge < -0.3 is 4.42 Å². The van der Waals surface area contributed by atoms with Gasteiger partial charge in [0.2, 0.25) is 0 Å². The number of aromatic amines is 1. The van der Waals surface area contributed by atoms with Gasteiger partial charge in [-0.15, -0.1) is 0 Å². The molecule has 2 heterocycles. The lowest BCUT2D eigenvalue weighted by molar-refractivity contribution is 0.555. The highest BCUT2D eigenvalue weighted by Crippen LogP contribution is 2.22. The number of rotatable bonds is 1. The molecule has 3 rings (SSSR count). The van der Waals surface area contributed by atoms with Gasteiger partial charge >= 0.3 is 5.76 Å². The molecule has 0 aliphatic rings. The fraction of sp³-hybridized carbons (Fsp3) is 0.154. The molecule has 0 spiro atoms. The minimum Gasteiger partial charge on any atom is -0.408 e. The van der Waals surface area contributed by atoms with Crippen molar-refractivity contribution in [3.63, 3.8) is 0 Å². The first kappa shape index (κ1) is 10.7. The first-order valence-corrected chi connectivity index (χ1v) is 5.57. The van der Waals surface area contributed by atoms with Gasteiger partial charge in [0.05, 0.1) is 11.2 Å². The van der Waals surface area contributed by atoms with E-state index in [4.69, 9.17) is 4.42 Å². The molecule has 18 heavy (non-hydrogen) atoms. The average Bonchev–Trinajstić information content (AvgIpc) is 2.66. The van der Waals surface area contributed by atoms with Crippen molar-refractivity contribution in [3.05, 3.63) is 46.3 Å². The number of oxazole rings is 1. The Morgan fingerprint density at radius 1 is 1.17 bits per heavy atom. The second-order valence-electron chi connectivity index (χ2n) is 4.17. The van der Waals surface area contributed by atoms with Crippen LogP contribution in [-0.4, -0.2) is 15.0 Å². The molecule has 0 unspecified atom stereocenters. The number of aryl methyl sites for hydroxylation is 2. The fourth-order valence-electron chi connectivity index (χ4n) is 1.97. The Hall–Kier alpha value is -2.43. The van der Waals surface area contributed by atoms with E-state index in [1.807, 2.05) is 32.0 Å². The zero-order valence-corrected chi connectivity index (χ0v) is 10.0. The lowest BCUT2D eigenvalue weighted by atomic mass is 10.1. The van der Waals surface area contributed by atoms with Gasteiger partial charge in [0.1, 0.15) is 5.82 Å². The molecule has 0 amide bonds. The molecule has 90 valence electrons. The minimum atomic E-state index is -0.447. The molecule has 1 N–H and O–H groups in total. The quantitative estimate of drug-likeness (QED) is 0.708. The molecule has 1 aromatic carbocycles. The summed E-state index contributed by atoms with van der Waals surface area (Å²) in [5, 5.41) is 0. The van der Waals surface area contributed by atoms with Gasteiger partial charge in [0, 0.05) is 11.3 Å². The van der Waals surface area contributed by atoms with Gasteiger partial charge in [0.15, 0.2) is 5.58 Å². The number of fused-ring (bicyclic) bond motifs is 1. The molecule has 0 radical (unpaired) electrons. The number of H-pyrrole nitrogens is 1. The van der Waals surface area contributed by atoms with Crippen molar-refractivity contribution in [3.8, 4) is 11.3 Å². The maximum absolute atomic E-state index is 11.1. The average molecular weight is 241 g/mol. The van der Waals surface area contributed by atoms with Crippen molar-refractivity contribution < 1.29 is 4.42 Å². The summed E-state index contributed by atoms with van der Waals surface area (Å²) in [5.41, 5.74) is 3.86. The molecule has 0 saturated carbocycles. The smallest absolute Gasteiger partial charge is 0.408 e. The van der Waals surface area contributed by atoms with Crippen LogP contribution in [0.1, 0.15) is 11.5 Å². The highest BCUT2D eigenvalue weighted by atomic mass is 16.4. The monoisotopic (exact) mass is 241 g/mol. The van der Waals surface area contributed by atoms with Crippen LogP contribution in [0, 0.1) is 13.8 Å². The predicted molar refractivity (Wildman–Crippen MR) is 67.3 cm³/mol. The maximum atomic E-state index is 11.1. The lowest BCUT2D eigenvalue weighted by Crippen LogP contribution is -1.93. The molecule has 0 aliphatic heterocycles. The van der Waals surface area contributed by atoms with E-state index in [1.54, 1.807) is 6.07 Å². The molecule has 0 aliphatic carbocycles. The molecule has 3 aromatic rings. The molecule has 0 atom stereocenters. The van der Waals surface area contributed by atoms with Crippen molar-refractivity contribution in [1.82, 2.24) is 15.0 Å². The third kappa shape index (κ3) is 1.79. The van der Waals surface area contributed by atoms with Gasteiger partial charge in [-0.1, -0.05) is 6.07 Å². The summed E-state index contributed by atoms with van der Waals surface area (Å²) in [6.07, 6.45) is 0. The van der Waals surface area contributed by atoms with Crippen LogP contribution in [0.3, 0.4) is 0 Å². The second-order valence-corrected chi connectivity index (χ2v) is 4.17. The first-order chi connectivity index (χ1) is 8.61. The number of hydrogen-bond donors (Lipinski definition) is 1. The van der Waals surface area contributed by atoms with E-state index in [0.29, 0.717) is 11.1 Å². The predicted octanol–water partition coefficient (Wildman–Crippen LogP) is 2.19. The lowest BCUT2D eigenvalue weighted by Gasteiger charge is -2.03. The molecule has 0 saturated heterocycles. The number of nitrogens with one attached hydrogen (secondary N) is 1. The van der Waals surface area contributed by atoms with Gasteiger partial charge in [-0.05, 0) is 32.0 Å². The molecule has 0 bridgehead atoms. The molecule has 5 heteroatoms. The van der Waals surface area contributed by atoms with Crippen LogP contribution in [0.25, 0.3) is 22.4 Å². The van der Waals surface area contributed by atoms with Gasteiger partial charge in [-0.25, -0.2) is 14.8 Å². The van der Waals surface area contributed by atoms with E-state index in [-0.39, 0.29) is 0 Å². The summed E-state index contributed by atoms with van der Waals surface area (Å²) in [6, 6.07) is 7.41. The number of hydrogen-bond acceptors (Lipinski definition) is 4. The summed E-state index contributed by atoms with van der Waals surface area (Å²) in [6.45, 7) is 3.78. The summed E-state index contributed by atoms with van der Waals surface area (Å²) in [4.78, 5) is 22.3. The topological polar surface area (TPSA) is 71.8 Å². The van der Waals surface area contributed by atoms with Gasteiger partial charge in [-0.3, -0.25) is 4.98 Å². The van der Waals surface area contributed by atoms with Crippen molar-refractivity contribution in [2.75, 3.05) is 0 Å². The molecule has 5 nitrogen and oxygen atoms in total. The zero-order valence-electron chi connectivity index (χ0n) is 10.0. The Morgan fingerprint density at radius 3 is 2.78 bits per heavy atom. The van der Waals surface area contributed by atoms with E-state index in [2.05, 4.69) is 15.0 Å². The Bertz CT molecular complexity index is 766. The van der Waals surface area contributed by atoms with Crippen LogP contribution in [0.5, 0.6) is 0 Å². The Balaban J connectivity index is 2.21. The number of aromatic nitrogens is 3. The first-order valence-electron chi connectivity index (χ1n) is 5.57. The van der Waals surface area contributed by atoms with E-state index >= 15 is 0 Å². The summed E-state index contributed by atoms with van der Waals surface area (Å²) >= 11 is 0. The molecule has 2 aromatic heterocycles. The highest BCUT2D eigenvalue weighted by Gasteiger charge is 2.06. The fourth-order valence-corrected chi connectivity index (χ4v) is 1.97. The second kappa shape index (κ2) is 3.80. The maximum Gasteiger partial charge on any atom is 0.417 e. The van der Waals surface area contributed by atoms with Crippen molar-refractivity contribution in [2.45, 2.75) is 13.8 Å². The van der Waals surface area contributed by atoms with Crippen molar-refractivity contribution >= 4 is 11.1 Å². The van der Waals surface area contributed by atoms with Crippen LogP contribution in [0.4, 0.5) is 0 Å². The van der Waals surface area contributed by atoms with E-state index < -0.39 is 5.76 Å². The highest BCUT2D eigenvalue weighted by molar-refractivity contribution is 5.78. The van der Waals surface area contributed by atoms with Crippen molar-refractivity contribution in [2.24, 2.45) is 0 Å². The minimum absolute atomic E-state index is 0.447. The SMILES string of the molecule is Cc1cc(-c2ccc3[nH]c(=O)oc3c2)nc(C)n1. The summed E-state index contributed by atoms with van der Waals surface area (Å²) in [7, 11) is 0. The van der Waals surface area contributed by atoms with Crippen LogP contribution >= 0.6 is 0 Å². The van der Waals surface area contributed by atoms with Gasteiger partial charge in [0.25, 0.3) is 0 Å².